The number of hydrogen-bond acceptors (Lipinski definition) is 3. The Hall–Kier alpha value is -2.37. The van der Waals surface area contributed by atoms with Crippen LogP contribution in [0.3, 0.4) is 0 Å². The predicted octanol–water partition coefficient (Wildman–Crippen LogP) is 4.63. The summed E-state index contributed by atoms with van der Waals surface area (Å²) in [5.74, 6) is -2.18. The third-order valence-corrected chi connectivity index (χ3v) is 5.02. The van der Waals surface area contributed by atoms with Gasteiger partial charge in [-0.25, -0.2) is 8.78 Å². The van der Waals surface area contributed by atoms with Crippen LogP contribution in [0, 0.1) is 12.8 Å². The van der Waals surface area contributed by atoms with Crippen molar-refractivity contribution in [3.8, 4) is 11.1 Å². The van der Waals surface area contributed by atoms with Crippen molar-refractivity contribution < 1.29 is 8.78 Å². The van der Waals surface area contributed by atoms with Crippen molar-refractivity contribution in [2.75, 3.05) is 0 Å². The fraction of sp³-hybridized carbons (Fsp3) is 0.421. The van der Waals surface area contributed by atoms with Gasteiger partial charge in [-0.3, -0.25) is 4.98 Å². The third-order valence-electron chi connectivity index (χ3n) is 5.02. The Bertz CT molecular complexity index is 893. The van der Waals surface area contributed by atoms with E-state index in [9.17, 15) is 8.78 Å². The smallest absolute Gasteiger partial charge is 0.248 e. The highest BCUT2D eigenvalue weighted by Crippen LogP contribution is 2.37. The number of rotatable bonds is 3. The van der Waals surface area contributed by atoms with Crippen molar-refractivity contribution in [2.24, 2.45) is 5.92 Å². The molecule has 3 aromatic rings. The molecule has 0 saturated heterocycles. The summed E-state index contributed by atoms with van der Waals surface area (Å²) in [6, 6.07) is 6.05. The monoisotopic (exact) mass is 342 g/mol. The van der Waals surface area contributed by atoms with Crippen LogP contribution >= 0.6 is 0 Å². The summed E-state index contributed by atoms with van der Waals surface area (Å²) in [4.78, 5) is 4.54. The van der Waals surface area contributed by atoms with E-state index in [1.165, 1.54) is 0 Å². The molecule has 3 heterocycles. The summed E-state index contributed by atoms with van der Waals surface area (Å²) in [5.41, 5.74) is 4.77. The minimum Gasteiger partial charge on any atom is -0.346 e. The van der Waals surface area contributed by atoms with Gasteiger partial charge in [0.25, 0.3) is 0 Å². The number of aryl methyl sites for hydroxylation is 1. The van der Waals surface area contributed by atoms with Crippen LogP contribution in [-0.2, 0) is 6.54 Å². The normalized spacial score (nSPS) is 17.9. The zero-order valence-corrected chi connectivity index (χ0v) is 14.1. The standard InChI is InChI=1S/C19H20F2N4/c1-13-8-15(11-23-24-13)16-9-18-17(22-10-16)4-7-25(18)12-14-2-5-19(20,21)6-3-14/h4,7-11,14H,2-3,5-6,12H2,1H3. The number of pyridine rings is 1. The van der Waals surface area contributed by atoms with Gasteiger partial charge in [-0.2, -0.15) is 10.2 Å². The van der Waals surface area contributed by atoms with Crippen LogP contribution in [0.15, 0.2) is 36.8 Å². The van der Waals surface area contributed by atoms with Crippen LogP contribution in [0.1, 0.15) is 31.4 Å². The molecule has 25 heavy (non-hydrogen) atoms. The second-order valence-corrected chi connectivity index (χ2v) is 6.98. The number of halogens is 2. The van der Waals surface area contributed by atoms with E-state index in [4.69, 9.17) is 0 Å². The van der Waals surface area contributed by atoms with E-state index in [0.717, 1.165) is 34.4 Å². The average Bonchev–Trinajstić information content (AvgIpc) is 2.99. The lowest BCUT2D eigenvalue weighted by Crippen LogP contribution is -2.26. The van der Waals surface area contributed by atoms with Gasteiger partial charge in [0, 0.05) is 42.9 Å². The van der Waals surface area contributed by atoms with Crippen LogP contribution in [0.4, 0.5) is 8.78 Å². The lowest BCUT2D eigenvalue weighted by Gasteiger charge is -2.28. The quantitative estimate of drug-likeness (QED) is 0.697. The molecule has 0 aliphatic heterocycles. The molecule has 3 aromatic heterocycles. The Morgan fingerprint density at radius 1 is 1.16 bits per heavy atom. The highest BCUT2D eigenvalue weighted by molar-refractivity contribution is 5.81. The summed E-state index contributed by atoms with van der Waals surface area (Å²) >= 11 is 0. The fourth-order valence-electron chi connectivity index (χ4n) is 3.57. The van der Waals surface area contributed by atoms with Crippen molar-refractivity contribution in [1.82, 2.24) is 19.7 Å². The van der Waals surface area contributed by atoms with Crippen LogP contribution < -0.4 is 0 Å². The molecule has 4 nitrogen and oxygen atoms in total. The molecule has 130 valence electrons. The van der Waals surface area contributed by atoms with Gasteiger partial charge >= 0.3 is 0 Å². The summed E-state index contributed by atoms with van der Waals surface area (Å²) in [7, 11) is 0. The van der Waals surface area contributed by atoms with E-state index in [1.807, 2.05) is 31.5 Å². The molecule has 0 spiro atoms. The van der Waals surface area contributed by atoms with Gasteiger partial charge in [0.1, 0.15) is 0 Å². The third kappa shape index (κ3) is 3.38. The van der Waals surface area contributed by atoms with Gasteiger partial charge < -0.3 is 4.57 Å². The number of alkyl halides is 2. The highest BCUT2D eigenvalue weighted by Gasteiger charge is 2.34. The summed E-state index contributed by atoms with van der Waals surface area (Å²) in [6.45, 7) is 2.67. The first-order valence-electron chi connectivity index (χ1n) is 8.63. The Morgan fingerprint density at radius 3 is 2.68 bits per heavy atom. The highest BCUT2D eigenvalue weighted by atomic mass is 19.3. The van der Waals surface area contributed by atoms with E-state index >= 15 is 0 Å². The van der Waals surface area contributed by atoms with Gasteiger partial charge in [-0.1, -0.05) is 0 Å². The van der Waals surface area contributed by atoms with Crippen LogP contribution in [0.25, 0.3) is 22.2 Å². The maximum absolute atomic E-state index is 13.4. The van der Waals surface area contributed by atoms with Crippen molar-refractivity contribution in [3.63, 3.8) is 0 Å². The molecule has 6 heteroatoms. The minimum atomic E-state index is -2.48. The molecule has 1 fully saturated rings. The number of aromatic nitrogens is 4. The Kier molecular flexibility index (Phi) is 3.98. The Balaban J connectivity index is 1.61. The lowest BCUT2D eigenvalue weighted by molar-refractivity contribution is -0.0472. The zero-order chi connectivity index (χ0) is 17.4. The average molecular weight is 342 g/mol. The predicted molar refractivity (Wildman–Crippen MR) is 92.4 cm³/mol. The van der Waals surface area contributed by atoms with E-state index in [0.29, 0.717) is 18.8 Å². The van der Waals surface area contributed by atoms with Crippen molar-refractivity contribution >= 4 is 11.0 Å². The number of hydrogen-bond donors (Lipinski definition) is 0. The molecular formula is C19H20F2N4. The number of fused-ring (bicyclic) bond motifs is 1. The largest absolute Gasteiger partial charge is 0.346 e. The molecule has 1 aliphatic rings. The van der Waals surface area contributed by atoms with Gasteiger partial charge in [-0.15, -0.1) is 0 Å². The van der Waals surface area contributed by atoms with Crippen LogP contribution in [0.2, 0.25) is 0 Å². The van der Waals surface area contributed by atoms with Gasteiger partial charge in [-0.05, 0) is 43.9 Å². The molecule has 1 saturated carbocycles. The van der Waals surface area contributed by atoms with E-state index in [-0.39, 0.29) is 12.8 Å². The summed E-state index contributed by atoms with van der Waals surface area (Å²) in [5, 5.41) is 7.99. The van der Waals surface area contributed by atoms with Gasteiger partial charge in [0.15, 0.2) is 0 Å². The van der Waals surface area contributed by atoms with Crippen molar-refractivity contribution in [3.05, 3.63) is 42.5 Å². The first kappa shape index (κ1) is 16.1. The van der Waals surface area contributed by atoms with Crippen LogP contribution in [0.5, 0.6) is 0 Å². The molecule has 0 radical (unpaired) electrons. The van der Waals surface area contributed by atoms with E-state index < -0.39 is 5.92 Å². The van der Waals surface area contributed by atoms with Crippen molar-refractivity contribution in [2.45, 2.75) is 45.1 Å². The summed E-state index contributed by atoms with van der Waals surface area (Å²) < 4.78 is 28.9. The Labute approximate surface area is 144 Å². The first-order chi connectivity index (χ1) is 12.0. The molecule has 0 N–H and O–H groups in total. The molecular weight excluding hydrogens is 322 g/mol. The SMILES string of the molecule is Cc1cc(-c2cnc3ccn(CC4CCC(F)(F)CC4)c3c2)cnn1. The second kappa shape index (κ2) is 6.17. The van der Waals surface area contributed by atoms with Gasteiger partial charge in [0.2, 0.25) is 5.92 Å². The topological polar surface area (TPSA) is 43.6 Å². The second-order valence-electron chi connectivity index (χ2n) is 6.98. The number of nitrogens with zero attached hydrogens (tertiary/aromatic N) is 4. The lowest BCUT2D eigenvalue weighted by atomic mass is 9.87. The van der Waals surface area contributed by atoms with Gasteiger partial charge in [0.05, 0.1) is 22.9 Å². The maximum Gasteiger partial charge on any atom is 0.248 e. The molecule has 0 atom stereocenters. The first-order valence-corrected chi connectivity index (χ1v) is 8.63. The molecule has 0 amide bonds. The maximum atomic E-state index is 13.4. The van der Waals surface area contributed by atoms with Crippen LogP contribution in [-0.4, -0.2) is 25.7 Å². The fourth-order valence-corrected chi connectivity index (χ4v) is 3.57. The van der Waals surface area contributed by atoms with Crippen molar-refractivity contribution in [1.29, 1.82) is 0 Å². The summed E-state index contributed by atoms with van der Waals surface area (Å²) in [6.07, 6.45) is 6.73. The molecule has 4 rings (SSSR count). The molecule has 0 bridgehead atoms. The molecule has 0 aromatic carbocycles. The molecule has 0 unspecified atom stereocenters. The van der Waals surface area contributed by atoms with E-state index in [2.05, 4.69) is 25.8 Å². The minimum absolute atomic E-state index is 0.00231. The Morgan fingerprint density at radius 2 is 1.92 bits per heavy atom. The molecule has 1 aliphatic carbocycles. The van der Waals surface area contributed by atoms with E-state index in [1.54, 1.807) is 6.20 Å². The zero-order valence-electron chi connectivity index (χ0n) is 14.1.